The summed E-state index contributed by atoms with van der Waals surface area (Å²) in [7, 11) is 1.54. The molecule has 0 saturated heterocycles. The number of nitrogens with two attached hydrogens (primary N) is 1. The van der Waals surface area contributed by atoms with Gasteiger partial charge in [0, 0.05) is 17.5 Å². The maximum atomic E-state index is 12.3. The number of ether oxygens (including phenoxy) is 3. The van der Waals surface area contributed by atoms with E-state index in [9.17, 15) is 14.4 Å². The third-order valence-electron chi connectivity index (χ3n) is 5.44. The lowest BCUT2D eigenvalue weighted by atomic mass is 10.1. The van der Waals surface area contributed by atoms with E-state index in [2.05, 4.69) is 0 Å². The Labute approximate surface area is 206 Å². The van der Waals surface area contributed by atoms with Crippen LogP contribution in [0.4, 0.5) is 0 Å². The van der Waals surface area contributed by atoms with Crippen molar-refractivity contribution in [3.63, 3.8) is 0 Å². The Kier molecular flexibility index (Phi) is 7.15. The molecule has 8 heteroatoms. The summed E-state index contributed by atoms with van der Waals surface area (Å²) in [6.07, 6.45) is 2.84. The molecule has 0 radical (unpaired) electrons. The molecule has 0 spiro atoms. The lowest BCUT2D eigenvalue weighted by molar-refractivity contribution is -0.128. The van der Waals surface area contributed by atoms with Crippen molar-refractivity contribution in [3.8, 4) is 17.2 Å². The van der Waals surface area contributed by atoms with Crippen molar-refractivity contribution < 1.29 is 28.2 Å². The zero-order chi connectivity index (χ0) is 25.7. The molecule has 3 aromatic carbocycles. The molecule has 0 aliphatic rings. The molecule has 8 nitrogen and oxygen atoms in total. The van der Waals surface area contributed by atoms with E-state index in [0.717, 1.165) is 11.1 Å². The van der Waals surface area contributed by atoms with E-state index in [1.165, 1.54) is 24.3 Å². The summed E-state index contributed by atoms with van der Waals surface area (Å²) in [6.45, 7) is 2.43. The quantitative estimate of drug-likeness (QED) is 0.170. The monoisotopic (exact) mass is 485 g/mol. The van der Waals surface area contributed by atoms with Crippen molar-refractivity contribution in [2.75, 3.05) is 7.11 Å². The van der Waals surface area contributed by atoms with Crippen LogP contribution in [0.3, 0.4) is 0 Å². The van der Waals surface area contributed by atoms with Gasteiger partial charge in [0.2, 0.25) is 0 Å². The molecule has 4 aromatic rings. The fraction of sp³-hybridized carbons (Fsp3) is 0.107. The van der Waals surface area contributed by atoms with E-state index in [0.29, 0.717) is 29.1 Å². The number of esters is 1. The number of primary amides is 1. The number of amides is 1. The van der Waals surface area contributed by atoms with Crippen LogP contribution in [-0.4, -0.2) is 19.0 Å². The lowest BCUT2D eigenvalue weighted by Crippen LogP contribution is -2.20. The molecule has 0 unspecified atom stereocenters. The van der Waals surface area contributed by atoms with Crippen LogP contribution in [0, 0.1) is 6.92 Å². The number of methoxy groups -OCH3 is 1. The number of hydrogen-bond donors (Lipinski definition) is 1. The van der Waals surface area contributed by atoms with E-state index in [-0.39, 0.29) is 16.9 Å². The molecule has 0 saturated carbocycles. The number of carbonyl (C=O) groups excluding carboxylic acids is 2. The summed E-state index contributed by atoms with van der Waals surface area (Å²) in [5, 5.41) is 0.468. The van der Waals surface area contributed by atoms with Crippen LogP contribution in [0.1, 0.15) is 27.0 Å². The Hall–Kier alpha value is -4.85. The maximum Gasteiger partial charge on any atom is 0.349 e. The Bertz CT molecular complexity index is 1530. The van der Waals surface area contributed by atoms with E-state index in [1.54, 1.807) is 37.5 Å². The molecule has 36 heavy (non-hydrogen) atoms. The van der Waals surface area contributed by atoms with Gasteiger partial charge in [0.05, 0.1) is 7.11 Å². The molecule has 0 bridgehead atoms. The summed E-state index contributed by atoms with van der Waals surface area (Å²) in [6, 6.07) is 19.1. The fourth-order valence-corrected chi connectivity index (χ4v) is 3.48. The van der Waals surface area contributed by atoms with Gasteiger partial charge in [-0.25, -0.2) is 9.59 Å². The second-order valence-electron chi connectivity index (χ2n) is 7.89. The number of fused-ring (bicyclic) bond motifs is 1. The van der Waals surface area contributed by atoms with Gasteiger partial charge in [0.25, 0.3) is 5.91 Å². The second-order valence-corrected chi connectivity index (χ2v) is 7.89. The first-order valence-corrected chi connectivity index (χ1v) is 11.0. The Morgan fingerprint density at radius 1 is 1.00 bits per heavy atom. The fourth-order valence-electron chi connectivity index (χ4n) is 3.48. The third kappa shape index (κ3) is 5.61. The SMILES string of the molecule is COc1cc(/C=C/C(=O)Oc2ccc3cc(C(N)=O)c(=O)oc3c2)ccc1OCc1ccccc1C. The summed E-state index contributed by atoms with van der Waals surface area (Å²) in [4.78, 5) is 35.5. The summed E-state index contributed by atoms with van der Waals surface area (Å²) >= 11 is 0. The molecule has 2 N–H and O–H groups in total. The minimum absolute atomic E-state index is 0.158. The minimum Gasteiger partial charge on any atom is -0.493 e. The Balaban J connectivity index is 1.43. The maximum absolute atomic E-state index is 12.3. The van der Waals surface area contributed by atoms with Gasteiger partial charge in [0.1, 0.15) is 23.5 Å². The van der Waals surface area contributed by atoms with Crippen molar-refractivity contribution in [2.45, 2.75) is 13.5 Å². The van der Waals surface area contributed by atoms with Gasteiger partial charge in [-0.05, 0) is 60.0 Å². The number of rotatable bonds is 8. The standard InChI is InChI=1S/C28H23NO7/c1-17-5-3-4-6-20(17)16-34-23-11-7-18(13-25(23)33-2)8-12-26(30)35-21-10-9-19-14-22(27(29)31)28(32)36-24(19)15-21/h3-15H,16H2,1-2H3,(H2,29,31)/b12-8+. The van der Waals surface area contributed by atoms with E-state index in [1.807, 2.05) is 31.2 Å². The molecular formula is C28H23NO7. The first kappa shape index (κ1) is 24.3. The first-order chi connectivity index (χ1) is 17.3. The van der Waals surface area contributed by atoms with E-state index in [4.69, 9.17) is 24.4 Å². The summed E-state index contributed by atoms with van der Waals surface area (Å²) in [5.41, 5.74) is 7.12. The number of benzene rings is 3. The van der Waals surface area contributed by atoms with Crippen LogP contribution in [0.25, 0.3) is 17.0 Å². The molecule has 1 aromatic heterocycles. The van der Waals surface area contributed by atoms with E-state index >= 15 is 0 Å². The molecule has 0 atom stereocenters. The number of aryl methyl sites for hydroxylation is 1. The highest BCUT2D eigenvalue weighted by Gasteiger charge is 2.12. The average Bonchev–Trinajstić information content (AvgIpc) is 2.86. The number of hydrogen-bond acceptors (Lipinski definition) is 7. The highest BCUT2D eigenvalue weighted by Crippen LogP contribution is 2.29. The number of carbonyl (C=O) groups is 2. The van der Waals surface area contributed by atoms with Crippen LogP contribution in [0.2, 0.25) is 0 Å². The van der Waals surface area contributed by atoms with Crippen LogP contribution in [0.5, 0.6) is 17.2 Å². The largest absolute Gasteiger partial charge is 0.493 e. The highest BCUT2D eigenvalue weighted by molar-refractivity contribution is 5.95. The van der Waals surface area contributed by atoms with Crippen molar-refractivity contribution >= 4 is 28.9 Å². The molecule has 1 amide bonds. The highest BCUT2D eigenvalue weighted by atomic mass is 16.5. The molecule has 1 heterocycles. The lowest BCUT2D eigenvalue weighted by Gasteiger charge is -2.12. The van der Waals surface area contributed by atoms with Crippen molar-refractivity contribution in [1.82, 2.24) is 0 Å². The molecule has 182 valence electrons. The van der Waals surface area contributed by atoms with Gasteiger partial charge in [-0.2, -0.15) is 0 Å². The molecular weight excluding hydrogens is 462 g/mol. The van der Waals surface area contributed by atoms with Crippen LogP contribution < -0.4 is 25.6 Å². The van der Waals surface area contributed by atoms with Crippen molar-refractivity contribution in [3.05, 3.63) is 105 Å². The molecule has 0 fully saturated rings. The van der Waals surface area contributed by atoms with E-state index < -0.39 is 17.5 Å². The topological polar surface area (TPSA) is 118 Å². The minimum atomic E-state index is -0.881. The molecule has 4 rings (SSSR count). The van der Waals surface area contributed by atoms with Gasteiger partial charge in [-0.15, -0.1) is 0 Å². The third-order valence-corrected chi connectivity index (χ3v) is 5.44. The first-order valence-electron chi connectivity index (χ1n) is 11.0. The van der Waals surface area contributed by atoms with Gasteiger partial charge in [0.15, 0.2) is 11.5 Å². The molecule has 0 aliphatic heterocycles. The van der Waals surface area contributed by atoms with Gasteiger partial charge in [-0.1, -0.05) is 30.3 Å². The van der Waals surface area contributed by atoms with Crippen molar-refractivity contribution in [2.24, 2.45) is 5.73 Å². The summed E-state index contributed by atoms with van der Waals surface area (Å²) < 4.78 is 21.8. The van der Waals surface area contributed by atoms with Gasteiger partial charge >= 0.3 is 11.6 Å². The Morgan fingerprint density at radius 3 is 2.56 bits per heavy atom. The van der Waals surface area contributed by atoms with Gasteiger partial charge in [-0.3, -0.25) is 4.79 Å². The Morgan fingerprint density at radius 2 is 1.81 bits per heavy atom. The average molecular weight is 485 g/mol. The van der Waals surface area contributed by atoms with Crippen LogP contribution in [-0.2, 0) is 11.4 Å². The normalized spacial score (nSPS) is 10.9. The zero-order valence-electron chi connectivity index (χ0n) is 19.6. The van der Waals surface area contributed by atoms with Gasteiger partial charge < -0.3 is 24.4 Å². The second kappa shape index (κ2) is 10.6. The smallest absolute Gasteiger partial charge is 0.349 e. The van der Waals surface area contributed by atoms with Crippen LogP contribution in [0.15, 0.2) is 82.0 Å². The summed E-state index contributed by atoms with van der Waals surface area (Å²) in [5.74, 6) is -0.237. The zero-order valence-corrected chi connectivity index (χ0v) is 19.6. The van der Waals surface area contributed by atoms with Crippen LogP contribution >= 0.6 is 0 Å². The molecule has 0 aliphatic carbocycles. The van der Waals surface area contributed by atoms with Crippen molar-refractivity contribution in [1.29, 1.82) is 0 Å². The predicted molar refractivity (Wildman–Crippen MR) is 134 cm³/mol. The predicted octanol–water partition coefficient (Wildman–Crippen LogP) is 4.41.